The van der Waals surface area contributed by atoms with Crippen molar-refractivity contribution in [1.29, 1.82) is 0 Å². The van der Waals surface area contributed by atoms with Gasteiger partial charge >= 0.3 is 0 Å². The molecular weight excluding hydrogens is 268 g/mol. The number of hydrogen-bond acceptors (Lipinski definition) is 4. The van der Waals surface area contributed by atoms with E-state index in [-0.39, 0.29) is 17.2 Å². The van der Waals surface area contributed by atoms with Gasteiger partial charge in [-0.15, -0.1) is 0 Å². The van der Waals surface area contributed by atoms with Gasteiger partial charge in [0.1, 0.15) is 5.82 Å². The number of fused-ring (bicyclic) bond motifs is 1. The van der Waals surface area contributed by atoms with Gasteiger partial charge in [0.05, 0.1) is 16.5 Å². The maximum atomic E-state index is 14.5. The van der Waals surface area contributed by atoms with Crippen molar-refractivity contribution < 1.29 is 9.50 Å². The van der Waals surface area contributed by atoms with Gasteiger partial charge in [0.2, 0.25) is 5.95 Å². The average molecular weight is 288 g/mol. The van der Waals surface area contributed by atoms with E-state index in [1.54, 1.807) is 33.3 Å². The molecule has 0 bridgehead atoms. The highest BCUT2D eigenvalue weighted by molar-refractivity contribution is 6.54. The molecule has 1 aromatic carbocycles. The Balaban J connectivity index is 2.28. The minimum absolute atomic E-state index is 0.127. The molecule has 6 heteroatoms. The van der Waals surface area contributed by atoms with Gasteiger partial charge in [-0.25, -0.2) is 14.4 Å². The number of hydrogen-bond donors (Lipinski definition) is 2. The summed E-state index contributed by atoms with van der Waals surface area (Å²) in [5.41, 5.74) is 5.24. The normalized spacial score (nSPS) is 12.7. The molecule has 1 heterocycles. The summed E-state index contributed by atoms with van der Waals surface area (Å²) in [5.74, 6) is -0.235. The molecule has 0 amide bonds. The van der Waals surface area contributed by atoms with E-state index >= 15 is 0 Å². The van der Waals surface area contributed by atoms with E-state index in [0.717, 1.165) is 0 Å². The Bertz CT molecular complexity index is 668. The fourth-order valence-corrected chi connectivity index (χ4v) is 1.88. The van der Waals surface area contributed by atoms with Crippen LogP contribution in [0.4, 0.5) is 10.3 Å². The predicted molar refractivity (Wildman–Crippen MR) is 84.2 cm³/mol. The van der Waals surface area contributed by atoms with Crippen molar-refractivity contribution in [3.63, 3.8) is 0 Å². The van der Waals surface area contributed by atoms with Crippen molar-refractivity contribution in [3.05, 3.63) is 24.1 Å². The van der Waals surface area contributed by atoms with Crippen LogP contribution in [0.2, 0.25) is 6.32 Å². The highest BCUT2D eigenvalue weighted by Gasteiger charge is 2.34. The van der Waals surface area contributed by atoms with Crippen LogP contribution in [0.5, 0.6) is 0 Å². The van der Waals surface area contributed by atoms with Crippen molar-refractivity contribution in [2.24, 2.45) is 5.41 Å². The second kappa shape index (κ2) is 5.26. The van der Waals surface area contributed by atoms with E-state index in [9.17, 15) is 9.50 Å². The number of nitrogens with zero attached hydrogens (tertiary/aromatic N) is 2. The van der Waals surface area contributed by atoms with Crippen molar-refractivity contribution in [1.82, 2.24) is 9.97 Å². The lowest BCUT2D eigenvalue weighted by Gasteiger charge is -2.37. The molecule has 21 heavy (non-hydrogen) atoms. The average Bonchev–Trinajstić information content (AvgIpc) is 2.36. The third-order valence-corrected chi connectivity index (χ3v) is 4.24. The van der Waals surface area contributed by atoms with Gasteiger partial charge in [0, 0.05) is 6.20 Å². The molecule has 0 unspecified atom stereocenters. The Labute approximate surface area is 124 Å². The number of nitrogen functional groups attached to an aromatic ring is 1. The third-order valence-electron chi connectivity index (χ3n) is 4.24. The Kier molecular flexibility index (Phi) is 3.93. The summed E-state index contributed by atoms with van der Waals surface area (Å²) in [6.45, 7) is 7.42. The van der Waals surface area contributed by atoms with E-state index in [2.05, 4.69) is 9.97 Å². The first kappa shape index (κ1) is 15.7. The molecule has 0 atom stereocenters. The number of aliphatic hydroxyl groups is 1. The Morgan fingerprint density at radius 1 is 1.29 bits per heavy atom. The number of aromatic nitrogens is 2. The summed E-state index contributed by atoms with van der Waals surface area (Å²) in [6.07, 6.45) is 1.94. The molecule has 0 aliphatic carbocycles. The predicted octanol–water partition coefficient (Wildman–Crippen LogP) is 1.90. The SMILES string of the molecule is CC(C)(O)C(C)(C)C[B]c1ccc2nc(N)ncc2c1F. The lowest BCUT2D eigenvalue weighted by molar-refractivity contribution is -0.0236. The molecule has 0 fully saturated rings. The number of rotatable bonds is 4. The number of halogens is 1. The van der Waals surface area contributed by atoms with Crippen LogP contribution in [0.25, 0.3) is 10.9 Å². The van der Waals surface area contributed by atoms with Gasteiger partial charge in [-0.05, 0) is 25.3 Å². The molecule has 111 valence electrons. The summed E-state index contributed by atoms with van der Waals surface area (Å²) in [7, 11) is 1.79. The molecule has 0 saturated carbocycles. The lowest BCUT2D eigenvalue weighted by Crippen LogP contribution is -2.41. The van der Waals surface area contributed by atoms with Gasteiger partial charge in [-0.2, -0.15) is 0 Å². The number of benzene rings is 1. The molecule has 4 nitrogen and oxygen atoms in total. The van der Waals surface area contributed by atoms with Crippen molar-refractivity contribution in [2.45, 2.75) is 39.6 Å². The van der Waals surface area contributed by atoms with E-state index in [1.165, 1.54) is 6.20 Å². The van der Waals surface area contributed by atoms with Gasteiger partial charge < -0.3 is 10.8 Å². The van der Waals surface area contributed by atoms with Crippen LogP contribution in [-0.4, -0.2) is 28.0 Å². The van der Waals surface area contributed by atoms with Gasteiger partial charge in [-0.3, -0.25) is 0 Å². The highest BCUT2D eigenvalue weighted by Crippen LogP contribution is 2.34. The van der Waals surface area contributed by atoms with Crippen molar-refractivity contribution >= 4 is 29.6 Å². The first-order valence-corrected chi connectivity index (χ1v) is 6.88. The Morgan fingerprint density at radius 2 is 1.95 bits per heavy atom. The number of nitrogens with two attached hydrogens (primary N) is 1. The quantitative estimate of drug-likeness (QED) is 0.843. The molecule has 0 saturated heterocycles. The third kappa shape index (κ3) is 3.15. The standard InChI is InChI=1S/C15H20BFN3O/c1-14(2,15(3,4)21)8-16-10-5-6-11-9(12(10)17)7-19-13(18)20-11/h5-7,21H,8H2,1-4H3,(H2,18,19,20). The molecule has 0 aliphatic rings. The van der Waals surface area contributed by atoms with E-state index in [1.807, 2.05) is 13.8 Å². The van der Waals surface area contributed by atoms with Gasteiger partial charge in [-0.1, -0.05) is 31.7 Å². The largest absolute Gasteiger partial charge is 0.390 e. The molecule has 1 aromatic heterocycles. The van der Waals surface area contributed by atoms with E-state index < -0.39 is 5.60 Å². The Hall–Kier alpha value is -1.69. The first-order chi connectivity index (χ1) is 9.62. The highest BCUT2D eigenvalue weighted by atomic mass is 19.1. The second-order valence-corrected chi connectivity index (χ2v) is 6.48. The van der Waals surface area contributed by atoms with Crippen LogP contribution in [0.15, 0.2) is 18.3 Å². The van der Waals surface area contributed by atoms with Crippen molar-refractivity contribution in [2.75, 3.05) is 5.73 Å². The Morgan fingerprint density at radius 3 is 2.57 bits per heavy atom. The molecule has 3 N–H and O–H groups in total. The fourth-order valence-electron chi connectivity index (χ4n) is 1.88. The second-order valence-electron chi connectivity index (χ2n) is 6.48. The van der Waals surface area contributed by atoms with Gasteiger partial charge in [0.15, 0.2) is 7.28 Å². The lowest BCUT2D eigenvalue weighted by atomic mass is 9.56. The monoisotopic (exact) mass is 288 g/mol. The molecular formula is C15H20BFN3O. The molecule has 2 rings (SSSR count). The molecule has 0 spiro atoms. The summed E-state index contributed by atoms with van der Waals surface area (Å²) < 4.78 is 14.5. The molecule has 2 aromatic rings. The fraction of sp³-hybridized carbons (Fsp3) is 0.467. The van der Waals surface area contributed by atoms with Crippen LogP contribution in [0.1, 0.15) is 27.7 Å². The summed E-state index contributed by atoms with van der Waals surface area (Å²) in [4.78, 5) is 7.83. The van der Waals surface area contributed by atoms with Crippen LogP contribution in [0.3, 0.4) is 0 Å². The minimum Gasteiger partial charge on any atom is -0.390 e. The zero-order valence-corrected chi connectivity index (χ0v) is 12.8. The summed E-state index contributed by atoms with van der Waals surface area (Å²) in [6, 6.07) is 3.39. The number of anilines is 1. The van der Waals surface area contributed by atoms with Crippen LogP contribution in [-0.2, 0) is 0 Å². The van der Waals surface area contributed by atoms with Crippen LogP contribution >= 0.6 is 0 Å². The van der Waals surface area contributed by atoms with Crippen LogP contribution in [0, 0.1) is 11.2 Å². The molecule has 0 aliphatic heterocycles. The molecule has 1 radical (unpaired) electrons. The summed E-state index contributed by atoms with van der Waals surface area (Å²) in [5, 5.41) is 10.5. The van der Waals surface area contributed by atoms with E-state index in [0.29, 0.717) is 22.7 Å². The smallest absolute Gasteiger partial charge is 0.220 e. The van der Waals surface area contributed by atoms with Crippen molar-refractivity contribution in [3.8, 4) is 0 Å². The van der Waals surface area contributed by atoms with Crippen LogP contribution < -0.4 is 11.2 Å². The maximum Gasteiger partial charge on any atom is 0.220 e. The maximum absolute atomic E-state index is 14.5. The zero-order chi connectivity index (χ0) is 15.8. The van der Waals surface area contributed by atoms with E-state index in [4.69, 9.17) is 5.73 Å². The summed E-state index contributed by atoms with van der Waals surface area (Å²) >= 11 is 0. The zero-order valence-electron chi connectivity index (χ0n) is 12.8. The topological polar surface area (TPSA) is 72.0 Å². The minimum atomic E-state index is -0.853. The van der Waals surface area contributed by atoms with Gasteiger partial charge in [0.25, 0.3) is 0 Å². The first-order valence-electron chi connectivity index (χ1n) is 6.88.